The maximum Gasteiger partial charge on any atom is 0.234 e. The van der Waals surface area contributed by atoms with Crippen LogP contribution in [0.2, 0.25) is 0 Å². The van der Waals surface area contributed by atoms with Crippen LogP contribution in [0, 0.1) is 0 Å². The monoisotopic (exact) mass is 297 g/mol. The number of aliphatic hydroxyl groups excluding tert-OH is 1. The van der Waals surface area contributed by atoms with Crippen molar-refractivity contribution >= 4 is 21.8 Å². The van der Waals surface area contributed by atoms with Gasteiger partial charge in [0.15, 0.2) is 0 Å². The molecule has 92 valence electrons. The predicted octanol–water partition coefficient (Wildman–Crippen LogP) is 1.93. The minimum Gasteiger partial charge on any atom is -0.390 e. The molecule has 0 saturated heterocycles. The highest BCUT2D eigenvalue weighted by Gasteiger charge is 2.32. The first-order chi connectivity index (χ1) is 8.13. The second-order valence-electron chi connectivity index (χ2n) is 4.33. The van der Waals surface area contributed by atoms with Gasteiger partial charge in [-0.15, -0.1) is 0 Å². The van der Waals surface area contributed by atoms with Crippen molar-refractivity contribution in [3.63, 3.8) is 0 Å². The number of amides is 1. The molecule has 0 radical (unpaired) electrons. The molecule has 0 spiro atoms. The summed E-state index contributed by atoms with van der Waals surface area (Å²) in [5.41, 5.74) is 2.15. The number of hydrogen-bond acceptors (Lipinski definition) is 2. The van der Waals surface area contributed by atoms with Crippen molar-refractivity contribution in [1.29, 1.82) is 0 Å². The summed E-state index contributed by atoms with van der Waals surface area (Å²) >= 11 is 3.32. The smallest absolute Gasteiger partial charge is 0.234 e. The number of alkyl halides is 1. The fourth-order valence-corrected chi connectivity index (χ4v) is 2.31. The lowest BCUT2D eigenvalue weighted by Gasteiger charge is -2.19. The fraction of sp³-hybridized carbons (Fsp3) is 0.462. The number of rotatable bonds is 3. The number of fused-ring (bicyclic) bond motifs is 1. The Morgan fingerprint density at radius 3 is 3.00 bits per heavy atom. The van der Waals surface area contributed by atoms with Crippen LogP contribution in [0.1, 0.15) is 30.5 Å². The molecule has 4 heteroatoms. The molecule has 3 nitrogen and oxygen atoms in total. The molecule has 3 atom stereocenters. The van der Waals surface area contributed by atoms with Crippen LogP contribution in [0.15, 0.2) is 24.3 Å². The first-order valence-electron chi connectivity index (χ1n) is 5.83. The van der Waals surface area contributed by atoms with Gasteiger partial charge in [-0.25, -0.2) is 0 Å². The van der Waals surface area contributed by atoms with Gasteiger partial charge in [-0.3, -0.25) is 4.79 Å². The summed E-state index contributed by atoms with van der Waals surface area (Å²) in [6.07, 6.45) is 0.823. The standard InChI is InChI=1S/C13H16BrNO2/c1-2-10(14)13(17)15-12-9-6-4-3-5-8(9)7-11(12)16/h3-6,10-12,16H,2,7H2,1H3,(H,15,17)/t10?,11-,12+/m0/s1. The number of benzene rings is 1. The zero-order valence-electron chi connectivity index (χ0n) is 9.69. The molecule has 0 saturated carbocycles. The zero-order valence-corrected chi connectivity index (χ0v) is 11.3. The summed E-state index contributed by atoms with van der Waals surface area (Å²) in [7, 11) is 0. The summed E-state index contributed by atoms with van der Waals surface area (Å²) in [6, 6.07) is 7.57. The maximum absolute atomic E-state index is 11.8. The van der Waals surface area contributed by atoms with E-state index in [1.54, 1.807) is 0 Å². The Balaban J connectivity index is 2.14. The third-order valence-electron chi connectivity index (χ3n) is 3.14. The van der Waals surface area contributed by atoms with Gasteiger partial charge in [-0.1, -0.05) is 47.1 Å². The number of nitrogens with one attached hydrogen (secondary N) is 1. The molecule has 2 N–H and O–H groups in total. The van der Waals surface area contributed by atoms with Crippen molar-refractivity contribution in [2.75, 3.05) is 0 Å². The van der Waals surface area contributed by atoms with E-state index in [2.05, 4.69) is 21.2 Å². The van der Waals surface area contributed by atoms with Gasteiger partial charge in [0.25, 0.3) is 0 Å². The van der Waals surface area contributed by atoms with Crippen LogP contribution in [0.25, 0.3) is 0 Å². The lowest BCUT2D eigenvalue weighted by Crippen LogP contribution is -2.38. The SMILES string of the molecule is CCC(Br)C(=O)N[C@@H]1c2ccccc2C[C@@H]1O. The summed E-state index contributed by atoms with van der Waals surface area (Å²) in [5, 5.41) is 12.9. The topological polar surface area (TPSA) is 49.3 Å². The average Bonchev–Trinajstić information content (AvgIpc) is 2.65. The highest BCUT2D eigenvalue weighted by Crippen LogP contribution is 2.31. The van der Waals surface area contributed by atoms with Gasteiger partial charge in [-0.2, -0.15) is 0 Å². The molecular weight excluding hydrogens is 282 g/mol. The van der Waals surface area contributed by atoms with Crippen molar-refractivity contribution in [1.82, 2.24) is 5.32 Å². The first-order valence-corrected chi connectivity index (χ1v) is 6.75. The highest BCUT2D eigenvalue weighted by atomic mass is 79.9. The number of halogens is 1. The Kier molecular flexibility index (Phi) is 3.84. The van der Waals surface area contributed by atoms with Crippen molar-refractivity contribution in [2.24, 2.45) is 0 Å². The van der Waals surface area contributed by atoms with Gasteiger partial charge in [0.2, 0.25) is 5.91 Å². The number of carbonyl (C=O) groups is 1. The second-order valence-corrected chi connectivity index (χ2v) is 5.44. The third kappa shape index (κ3) is 2.53. The first kappa shape index (κ1) is 12.6. The quantitative estimate of drug-likeness (QED) is 0.838. The molecule has 0 fully saturated rings. The molecule has 1 amide bonds. The fourth-order valence-electron chi connectivity index (χ4n) is 2.18. The molecule has 1 aromatic carbocycles. The minimum absolute atomic E-state index is 0.0618. The largest absolute Gasteiger partial charge is 0.390 e. The summed E-state index contributed by atoms with van der Waals surface area (Å²) in [6.45, 7) is 1.94. The van der Waals surface area contributed by atoms with E-state index < -0.39 is 6.10 Å². The molecule has 2 rings (SSSR count). The minimum atomic E-state index is -0.520. The molecule has 0 heterocycles. The molecular formula is C13H16BrNO2. The molecule has 0 aliphatic heterocycles. The predicted molar refractivity (Wildman–Crippen MR) is 70.0 cm³/mol. The Morgan fingerprint density at radius 1 is 1.59 bits per heavy atom. The van der Waals surface area contributed by atoms with Gasteiger partial charge < -0.3 is 10.4 Å². The van der Waals surface area contributed by atoms with Crippen LogP contribution in [0.5, 0.6) is 0 Å². The Labute approximate surface area is 109 Å². The zero-order chi connectivity index (χ0) is 12.4. The van der Waals surface area contributed by atoms with Crippen molar-refractivity contribution in [2.45, 2.75) is 36.7 Å². The van der Waals surface area contributed by atoms with Crippen LogP contribution >= 0.6 is 15.9 Å². The Morgan fingerprint density at radius 2 is 2.29 bits per heavy atom. The van der Waals surface area contributed by atoms with Crippen LogP contribution in [0.4, 0.5) is 0 Å². The molecule has 1 aliphatic rings. The number of hydrogen-bond donors (Lipinski definition) is 2. The van der Waals surface area contributed by atoms with Crippen LogP contribution in [-0.2, 0) is 11.2 Å². The van der Waals surface area contributed by atoms with Gasteiger partial charge in [0.1, 0.15) is 0 Å². The number of carbonyl (C=O) groups excluding carboxylic acids is 1. The summed E-state index contributed by atoms with van der Waals surface area (Å²) < 4.78 is 0. The molecule has 17 heavy (non-hydrogen) atoms. The lowest BCUT2D eigenvalue weighted by atomic mass is 10.1. The van der Waals surface area contributed by atoms with E-state index in [4.69, 9.17) is 0 Å². The van der Waals surface area contributed by atoms with Gasteiger partial charge in [0, 0.05) is 6.42 Å². The maximum atomic E-state index is 11.8. The highest BCUT2D eigenvalue weighted by molar-refractivity contribution is 9.10. The van der Waals surface area contributed by atoms with Crippen LogP contribution < -0.4 is 5.32 Å². The van der Waals surface area contributed by atoms with Crippen LogP contribution in [-0.4, -0.2) is 21.9 Å². The Hall–Kier alpha value is -0.870. The van der Waals surface area contributed by atoms with E-state index in [0.717, 1.165) is 17.5 Å². The van der Waals surface area contributed by atoms with E-state index in [1.807, 2.05) is 31.2 Å². The van der Waals surface area contributed by atoms with Crippen LogP contribution in [0.3, 0.4) is 0 Å². The van der Waals surface area contributed by atoms with Crippen molar-refractivity contribution in [3.8, 4) is 0 Å². The second kappa shape index (κ2) is 5.19. The average molecular weight is 298 g/mol. The molecule has 1 unspecified atom stereocenters. The van der Waals surface area contributed by atoms with Crippen molar-refractivity contribution in [3.05, 3.63) is 35.4 Å². The summed E-state index contributed by atoms with van der Waals surface area (Å²) in [5.74, 6) is -0.0618. The van der Waals surface area contributed by atoms with E-state index in [1.165, 1.54) is 0 Å². The van der Waals surface area contributed by atoms with Crippen molar-refractivity contribution < 1.29 is 9.90 Å². The Bertz CT molecular complexity index is 422. The third-order valence-corrected chi connectivity index (χ3v) is 4.21. The molecule has 0 aromatic heterocycles. The van der Waals surface area contributed by atoms with E-state index in [0.29, 0.717) is 6.42 Å². The van der Waals surface area contributed by atoms with E-state index >= 15 is 0 Å². The molecule has 1 aromatic rings. The van der Waals surface area contributed by atoms with Gasteiger partial charge in [0.05, 0.1) is 17.0 Å². The molecule has 0 bridgehead atoms. The van der Waals surface area contributed by atoms with E-state index in [9.17, 15) is 9.90 Å². The van der Waals surface area contributed by atoms with Gasteiger partial charge >= 0.3 is 0 Å². The van der Waals surface area contributed by atoms with E-state index in [-0.39, 0.29) is 16.8 Å². The molecule has 1 aliphatic carbocycles. The lowest BCUT2D eigenvalue weighted by molar-refractivity contribution is -0.122. The van der Waals surface area contributed by atoms with Gasteiger partial charge in [-0.05, 0) is 17.5 Å². The summed E-state index contributed by atoms with van der Waals surface area (Å²) in [4.78, 5) is 11.6. The number of aliphatic hydroxyl groups is 1. The normalized spacial score (nSPS) is 24.2.